The minimum Gasteiger partial charge on any atom is -0.483 e. The number of benzene rings is 1. The second kappa shape index (κ2) is 6.62. The summed E-state index contributed by atoms with van der Waals surface area (Å²) in [5.74, 6) is 0. The summed E-state index contributed by atoms with van der Waals surface area (Å²) in [5, 5.41) is 1.12. The van der Waals surface area contributed by atoms with Gasteiger partial charge in [-0.2, -0.15) is 0 Å². The Kier molecular flexibility index (Phi) is 5.44. The molecule has 0 spiro atoms. The number of ether oxygens (including phenoxy) is 1. The van der Waals surface area contributed by atoms with E-state index in [0.29, 0.717) is 23.3 Å². The van der Waals surface area contributed by atoms with Gasteiger partial charge in [-0.25, -0.2) is 0 Å². The molecule has 1 aromatic rings. The average Bonchev–Trinajstić information content (AvgIpc) is 2.28. The van der Waals surface area contributed by atoms with Crippen molar-refractivity contribution in [2.75, 3.05) is 6.61 Å². The molecule has 0 heterocycles. The summed E-state index contributed by atoms with van der Waals surface area (Å²) in [6, 6.07) is 7.50. The molecule has 1 rings (SSSR count). The molecule has 0 bridgehead atoms. The van der Waals surface area contributed by atoms with E-state index in [-0.39, 0.29) is 0 Å². The topological polar surface area (TPSA) is 9.23 Å². The molecule has 0 saturated carbocycles. The van der Waals surface area contributed by atoms with Crippen LogP contribution in [0.25, 0.3) is 5.57 Å². The highest BCUT2D eigenvalue weighted by Crippen LogP contribution is 2.27. The fourth-order valence-electron chi connectivity index (χ4n) is 1.32. The van der Waals surface area contributed by atoms with Crippen LogP contribution < -0.4 is 0 Å². The van der Waals surface area contributed by atoms with E-state index in [1.54, 1.807) is 6.08 Å². The van der Waals surface area contributed by atoms with Crippen LogP contribution in [-0.2, 0) is 4.74 Å². The number of hydrogen-bond donors (Lipinski definition) is 0. The van der Waals surface area contributed by atoms with Gasteiger partial charge in [-0.05, 0) is 42.6 Å². The van der Waals surface area contributed by atoms with Crippen LogP contribution in [-0.4, -0.2) is 6.61 Å². The molecule has 0 atom stereocenters. The average molecular weight is 257 g/mol. The van der Waals surface area contributed by atoms with E-state index in [2.05, 4.69) is 6.58 Å². The van der Waals surface area contributed by atoms with Gasteiger partial charge in [0, 0.05) is 10.6 Å². The van der Waals surface area contributed by atoms with Gasteiger partial charge >= 0.3 is 0 Å². The van der Waals surface area contributed by atoms with Gasteiger partial charge in [0.1, 0.15) is 0 Å². The van der Waals surface area contributed by atoms with Crippen LogP contribution in [0.15, 0.2) is 42.1 Å². The molecule has 3 heteroatoms. The number of rotatable bonds is 5. The van der Waals surface area contributed by atoms with Crippen LogP contribution in [0.1, 0.15) is 18.9 Å². The lowest BCUT2D eigenvalue weighted by Crippen LogP contribution is -1.92. The highest BCUT2D eigenvalue weighted by Gasteiger charge is 2.07. The lowest BCUT2D eigenvalue weighted by atomic mass is 10.0. The molecule has 0 aliphatic carbocycles. The lowest BCUT2D eigenvalue weighted by molar-refractivity contribution is 0.256. The Bertz CT molecular complexity index is 379. The van der Waals surface area contributed by atoms with Crippen LogP contribution in [0.2, 0.25) is 5.02 Å². The molecular formula is C13H14Cl2O. The summed E-state index contributed by atoms with van der Waals surface area (Å²) in [6.07, 6.45) is 2.46. The first-order chi connectivity index (χ1) is 7.69. The van der Waals surface area contributed by atoms with E-state index in [1.807, 2.05) is 31.2 Å². The normalized spacial score (nSPS) is 11.9. The molecule has 1 aromatic carbocycles. The fraction of sp³-hybridized carbons (Fsp3) is 0.231. The zero-order valence-corrected chi connectivity index (χ0v) is 10.7. The molecule has 0 amide bonds. The summed E-state index contributed by atoms with van der Waals surface area (Å²) in [5.41, 5.74) is 1.93. The number of allylic oxidation sites excluding steroid dienone is 2. The lowest BCUT2D eigenvalue weighted by Gasteiger charge is -2.09. The van der Waals surface area contributed by atoms with Crippen LogP contribution >= 0.6 is 23.2 Å². The van der Waals surface area contributed by atoms with Gasteiger partial charge in [0.2, 0.25) is 0 Å². The molecule has 0 saturated heterocycles. The highest BCUT2D eigenvalue weighted by atomic mass is 35.5. The van der Waals surface area contributed by atoms with Gasteiger partial charge in [-0.15, -0.1) is 6.58 Å². The molecule has 0 aliphatic rings. The second-order valence-corrected chi connectivity index (χ2v) is 3.96. The molecular weight excluding hydrogens is 243 g/mol. The Balaban J connectivity index is 3.06. The van der Waals surface area contributed by atoms with Crippen molar-refractivity contribution in [1.82, 2.24) is 0 Å². The smallest absolute Gasteiger partial charge is 0.190 e. The van der Waals surface area contributed by atoms with Crippen molar-refractivity contribution in [3.8, 4) is 0 Å². The third-order valence-electron chi connectivity index (χ3n) is 2.05. The van der Waals surface area contributed by atoms with Gasteiger partial charge in [-0.1, -0.05) is 29.8 Å². The maximum atomic E-state index is 6.08. The molecule has 0 fully saturated rings. The standard InChI is InChI=1S/C13H14Cl2O/c1-3-5-12(13(15)16-4-2)10-6-8-11(14)9-7-10/h3,6-9H,1,4-5H2,2H3/b13-12-. The number of halogens is 2. The van der Waals surface area contributed by atoms with Gasteiger partial charge in [0.25, 0.3) is 0 Å². The van der Waals surface area contributed by atoms with Gasteiger partial charge in [0.15, 0.2) is 5.22 Å². The summed E-state index contributed by atoms with van der Waals surface area (Å²) in [6.45, 7) is 6.16. The maximum absolute atomic E-state index is 6.08. The quantitative estimate of drug-likeness (QED) is 0.540. The minimum atomic E-state index is 0.421. The Morgan fingerprint density at radius 1 is 1.38 bits per heavy atom. The Hall–Kier alpha value is -0.920. The van der Waals surface area contributed by atoms with Crippen molar-refractivity contribution in [3.05, 3.63) is 52.7 Å². The SMILES string of the molecule is C=CC/C(=C(\Cl)OCC)c1ccc(Cl)cc1. The van der Waals surface area contributed by atoms with E-state index in [0.717, 1.165) is 11.1 Å². The first kappa shape index (κ1) is 13.1. The summed E-state index contributed by atoms with van der Waals surface area (Å²) in [4.78, 5) is 0. The first-order valence-electron chi connectivity index (χ1n) is 5.07. The van der Waals surface area contributed by atoms with Gasteiger partial charge in [0.05, 0.1) is 6.61 Å². The van der Waals surface area contributed by atoms with Crippen LogP contribution in [0.3, 0.4) is 0 Å². The van der Waals surface area contributed by atoms with E-state index in [4.69, 9.17) is 27.9 Å². The fourth-order valence-corrected chi connectivity index (χ4v) is 1.74. The Morgan fingerprint density at radius 3 is 2.50 bits per heavy atom. The predicted octanol–water partition coefficient (Wildman–Crippen LogP) is 4.86. The van der Waals surface area contributed by atoms with E-state index >= 15 is 0 Å². The van der Waals surface area contributed by atoms with Crippen molar-refractivity contribution in [2.24, 2.45) is 0 Å². The van der Waals surface area contributed by atoms with Crippen molar-refractivity contribution in [2.45, 2.75) is 13.3 Å². The molecule has 0 unspecified atom stereocenters. The monoisotopic (exact) mass is 256 g/mol. The van der Waals surface area contributed by atoms with E-state index in [9.17, 15) is 0 Å². The highest BCUT2D eigenvalue weighted by molar-refractivity contribution is 6.31. The third-order valence-corrected chi connectivity index (χ3v) is 2.64. The zero-order chi connectivity index (χ0) is 12.0. The van der Waals surface area contributed by atoms with E-state index in [1.165, 1.54) is 0 Å². The van der Waals surface area contributed by atoms with Crippen molar-refractivity contribution in [3.63, 3.8) is 0 Å². The second-order valence-electron chi connectivity index (χ2n) is 3.18. The molecule has 0 aromatic heterocycles. The van der Waals surface area contributed by atoms with Crippen molar-refractivity contribution >= 4 is 28.8 Å². The molecule has 86 valence electrons. The molecule has 0 N–H and O–H groups in total. The molecule has 16 heavy (non-hydrogen) atoms. The first-order valence-corrected chi connectivity index (χ1v) is 5.83. The van der Waals surface area contributed by atoms with Gasteiger partial charge in [-0.3, -0.25) is 0 Å². The number of hydrogen-bond acceptors (Lipinski definition) is 1. The molecule has 1 nitrogen and oxygen atoms in total. The summed E-state index contributed by atoms with van der Waals surface area (Å²) < 4.78 is 5.31. The van der Waals surface area contributed by atoms with E-state index < -0.39 is 0 Å². The minimum absolute atomic E-state index is 0.421. The van der Waals surface area contributed by atoms with Crippen molar-refractivity contribution in [1.29, 1.82) is 0 Å². The summed E-state index contributed by atoms with van der Waals surface area (Å²) in [7, 11) is 0. The van der Waals surface area contributed by atoms with Gasteiger partial charge < -0.3 is 4.74 Å². The molecule has 0 aliphatic heterocycles. The third kappa shape index (κ3) is 3.58. The predicted molar refractivity (Wildman–Crippen MR) is 70.7 cm³/mol. The van der Waals surface area contributed by atoms with Crippen LogP contribution in [0.4, 0.5) is 0 Å². The molecule has 0 radical (unpaired) electrons. The zero-order valence-electron chi connectivity index (χ0n) is 9.17. The Labute approximate surface area is 106 Å². The summed E-state index contributed by atoms with van der Waals surface area (Å²) >= 11 is 11.9. The van der Waals surface area contributed by atoms with Crippen LogP contribution in [0, 0.1) is 0 Å². The maximum Gasteiger partial charge on any atom is 0.190 e. The largest absolute Gasteiger partial charge is 0.483 e. The van der Waals surface area contributed by atoms with Crippen molar-refractivity contribution < 1.29 is 4.74 Å². The Morgan fingerprint density at radius 2 is 2.00 bits per heavy atom. The van der Waals surface area contributed by atoms with Crippen LogP contribution in [0.5, 0.6) is 0 Å².